The lowest BCUT2D eigenvalue weighted by Gasteiger charge is -2.37. The van der Waals surface area contributed by atoms with Gasteiger partial charge in [0, 0.05) is 25.2 Å². The molecular weight excluding hydrogens is 356 g/mol. The van der Waals surface area contributed by atoms with Crippen LogP contribution in [0.3, 0.4) is 0 Å². The molecule has 4 heterocycles. The Morgan fingerprint density at radius 3 is 2.89 bits per heavy atom. The summed E-state index contributed by atoms with van der Waals surface area (Å²) in [6.45, 7) is 3.00. The highest BCUT2D eigenvalue weighted by Gasteiger charge is 2.33. The van der Waals surface area contributed by atoms with E-state index < -0.39 is 6.43 Å². The zero-order valence-corrected chi connectivity index (χ0v) is 14.5. The van der Waals surface area contributed by atoms with E-state index in [4.69, 9.17) is 0 Å². The van der Waals surface area contributed by atoms with Crippen molar-refractivity contribution in [3.63, 3.8) is 0 Å². The van der Waals surface area contributed by atoms with Crippen molar-refractivity contribution in [3.05, 3.63) is 48.1 Å². The molecule has 10 heteroatoms. The largest absolute Gasteiger partial charge is 0.337 e. The summed E-state index contributed by atoms with van der Waals surface area (Å²) in [5, 5.41) is 4.13. The van der Waals surface area contributed by atoms with Gasteiger partial charge in [-0.3, -0.25) is 4.79 Å². The van der Waals surface area contributed by atoms with Gasteiger partial charge in [-0.1, -0.05) is 6.92 Å². The highest BCUT2D eigenvalue weighted by atomic mass is 19.3. The molecule has 3 aromatic heterocycles. The van der Waals surface area contributed by atoms with Gasteiger partial charge in [0.1, 0.15) is 24.0 Å². The Hall–Kier alpha value is -3.04. The van der Waals surface area contributed by atoms with Gasteiger partial charge < -0.3 is 4.90 Å². The first-order valence-electron chi connectivity index (χ1n) is 8.58. The molecule has 1 aliphatic rings. The molecule has 0 aliphatic carbocycles. The number of piperidine rings is 1. The molecule has 1 fully saturated rings. The third kappa shape index (κ3) is 3.22. The van der Waals surface area contributed by atoms with Crippen molar-refractivity contribution in [3.8, 4) is 0 Å². The van der Waals surface area contributed by atoms with Gasteiger partial charge in [0.25, 0.3) is 18.1 Å². The van der Waals surface area contributed by atoms with Gasteiger partial charge in [-0.15, -0.1) is 0 Å². The average Bonchev–Trinajstić information content (AvgIpc) is 3.16. The molecule has 2 atom stereocenters. The van der Waals surface area contributed by atoms with E-state index in [0.29, 0.717) is 24.5 Å². The van der Waals surface area contributed by atoms with Crippen LogP contribution in [0.25, 0.3) is 5.78 Å². The van der Waals surface area contributed by atoms with Crippen LogP contribution in [0.4, 0.5) is 8.78 Å². The van der Waals surface area contributed by atoms with Crippen LogP contribution in [0.2, 0.25) is 0 Å². The molecule has 0 aromatic carbocycles. The molecule has 1 aliphatic heterocycles. The number of fused-ring (bicyclic) bond motifs is 1. The summed E-state index contributed by atoms with van der Waals surface area (Å²) in [5.74, 6) is -0.0597. The first-order chi connectivity index (χ1) is 13.0. The Morgan fingerprint density at radius 2 is 2.15 bits per heavy atom. The third-order valence-corrected chi connectivity index (χ3v) is 4.95. The quantitative estimate of drug-likeness (QED) is 0.699. The number of hydrogen-bond acceptors (Lipinski definition) is 6. The molecule has 1 amide bonds. The van der Waals surface area contributed by atoms with Crippen LogP contribution < -0.4 is 0 Å². The number of alkyl halides is 2. The standard InChI is InChI=1S/C17H17F2N7O/c1-10-3-5-25(16(27)12-2-4-20-8-21-12)7-11(10)14-6-13(15(18)19)24-17-22-9-23-26(14)17/h2,4,6,8-11,15H,3,5,7H2,1H3/t10-,11-/m1/s1. The van der Waals surface area contributed by atoms with Crippen LogP contribution in [-0.2, 0) is 0 Å². The van der Waals surface area contributed by atoms with Gasteiger partial charge in [-0.05, 0) is 24.5 Å². The predicted molar refractivity (Wildman–Crippen MR) is 90.2 cm³/mol. The molecule has 0 unspecified atom stereocenters. The van der Waals surface area contributed by atoms with E-state index >= 15 is 0 Å². The van der Waals surface area contributed by atoms with Crippen LogP contribution >= 0.6 is 0 Å². The first kappa shape index (κ1) is 17.4. The lowest BCUT2D eigenvalue weighted by Crippen LogP contribution is -2.43. The van der Waals surface area contributed by atoms with Crippen molar-refractivity contribution in [2.24, 2.45) is 5.92 Å². The topological polar surface area (TPSA) is 89.2 Å². The molecule has 0 bridgehead atoms. The van der Waals surface area contributed by atoms with E-state index in [9.17, 15) is 13.6 Å². The second kappa shape index (κ2) is 6.93. The Kier molecular flexibility index (Phi) is 4.46. The third-order valence-electron chi connectivity index (χ3n) is 4.95. The number of hydrogen-bond donors (Lipinski definition) is 0. The Balaban J connectivity index is 1.69. The molecule has 0 saturated carbocycles. The summed E-state index contributed by atoms with van der Waals surface area (Å²) >= 11 is 0. The molecule has 1 saturated heterocycles. The van der Waals surface area contributed by atoms with Crippen molar-refractivity contribution < 1.29 is 13.6 Å². The number of rotatable bonds is 3. The Morgan fingerprint density at radius 1 is 1.30 bits per heavy atom. The van der Waals surface area contributed by atoms with Gasteiger partial charge in [-0.25, -0.2) is 28.2 Å². The van der Waals surface area contributed by atoms with E-state index in [2.05, 4.69) is 25.0 Å². The number of nitrogens with zero attached hydrogens (tertiary/aromatic N) is 7. The summed E-state index contributed by atoms with van der Waals surface area (Å²) in [6.07, 6.45) is 2.17. The lowest BCUT2D eigenvalue weighted by atomic mass is 9.84. The van der Waals surface area contributed by atoms with Crippen LogP contribution in [0.15, 0.2) is 31.0 Å². The molecule has 8 nitrogen and oxygen atoms in total. The second-order valence-corrected chi connectivity index (χ2v) is 6.60. The number of likely N-dealkylation sites (tertiary alicyclic amines) is 1. The molecule has 0 N–H and O–H groups in total. The summed E-state index contributed by atoms with van der Waals surface area (Å²) in [6, 6.07) is 2.93. The SMILES string of the molecule is C[C@@H]1CCN(C(=O)c2ccncn2)C[C@H]1c1cc(C(F)F)nc2ncnn12. The van der Waals surface area contributed by atoms with E-state index in [-0.39, 0.29) is 29.2 Å². The summed E-state index contributed by atoms with van der Waals surface area (Å²) in [4.78, 5) is 30.1. The normalized spacial score (nSPS) is 20.4. The number of halogens is 2. The molecule has 27 heavy (non-hydrogen) atoms. The van der Waals surface area contributed by atoms with Gasteiger partial charge in [0.05, 0.1) is 5.69 Å². The van der Waals surface area contributed by atoms with Crippen molar-refractivity contribution in [2.75, 3.05) is 13.1 Å². The van der Waals surface area contributed by atoms with Gasteiger partial charge in [0.15, 0.2) is 0 Å². The maximum absolute atomic E-state index is 13.3. The van der Waals surface area contributed by atoms with Crippen LogP contribution in [-0.4, -0.2) is 53.4 Å². The van der Waals surface area contributed by atoms with Crippen molar-refractivity contribution in [1.82, 2.24) is 34.4 Å². The van der Waals surface area contributed by atoms with E-state index in [1.165, 1.54) is 29.4 Å². The Bertz CT molecular complexity index is 962. The van der Waals surface area contributed by atoms with Gasteiger partial charge >= 0.3 is 0 Å². The molecule has 4 rings (SSSR count). The highest BCUT2D eigenvalue weighted by Crippen LogP contribution is 2.34. The Labute approximate surface area is 153 Å². The van der Waals surface area contributed by atoms with E-state index in [1.54, 1.807) is 11.0 Å². The highest BCUT2D eigenvalue weighted by molar-refractivity contribution is 5.92. The monoisotopic (exact) mass is 373 g/mol. The average molecular weight is 373 g/mol. The van der Waals surface area contributed by atoms with Crippen molar-refractivity contribution in [1.29, 1.82) is 0 Å². The van der Waals surface area contributed by atoms with Gasteiger partial charge in [0.2, 0.25) is 0 Å². The minimum Gasteiger partial charge on any atom is -0.337 e. The molecule has 0 radical (unpaired) electrons. The first-order valence-corrected chi connectivity index (χ1v) is 8.58. The minimum absolute atomic E-state index is 0.134. The van der Waals surface area contributed by atoms with Crippen LogP contribution in [0.5, 0.6) is 0 Å². The molecule has 0 spiro atoms. The summed E-state index contributed by atoms with van der Waals surface area (Å²) < 4.78 is 28.0. The number of carbonyl (C=O) groups is 1. The molecular formula is C17H17F2N7O. The van der Waals surface area contributed by atoms with Crippen LogP contribution in [0.1, 0.15) is 47.6 Å². The molecule has 140 valence electrons. The van der Waals surface area contributed by atoms with Crippen molar-refractivity contribution in [2.45, 2.75) is 25.7 Å². The fourth-order valence-corrected chi connectivity index (χ4v) is 3.45. The summed E-state index contributed by atoms with van der Waals surface area (Å²) in [7, 11) is 0. The second-order valence-electron chi connectivity index (χ2n) is 6.60. The van der Waals surface area contributed by atoms with E-state index in [0.717, 1.165) is 6.42 Å². The van der Waals surface area contributed by atoms with Gasteiger partial charge in [-0.2, -0.15) is 10.1 Å². The number of amides is 1. The smallest absolute Gasteiger partial charge is 0.280 e. The van der Waals surface area contributed by atoms with E-state index in [1.807, 2.05) is 6.92 Å². The zero-order valence-electron chi connectivity index (χ0n) is 14.5. The lowest BCUT2D eigenvalue weighted by molar-refractivity contribution is 0.0659. The summed E-state index contributed by atoms with van der Waals surface area (Å²) in [5.41, 5.74) is 0.560. The zero-order chi connectivity index (χ0) is 19.0. The minimum atomic E-state index is -2.71. The van der Waals surface area contributed by atoms with Crippen LogP contribution in [0, 0.1) is 5.92 Å². The number of carbonyl (C=O) groups excluding carboxylic acids is 1. The maximum atomic E-state index is 13.3. The maximum Gasteiger partial charge on any atom is 0.280 e. The fraction of sp³-hybridized carbons (Fsp3) is 0.412. The van der Waals surface area contributed by atoms with Crippen molar-refractivity contribution >= 4 is 11.7 Å². The molecule has 3 aromatic rings. The predicted octanol–water partition coefficient (Wildman–Crippen LogP) is 2.12. The number of aromatic nitrogens is 6. The fourth-order valence-electron chi connectivity index (χ4n) is 3.45.